The fourth-order valence-electron chi connectivity index (χ4n) is 2.68. The Bertz CT molecular complexity index is 315. The van der Waals surface area contributed by atoms with Gasteiger partial charge in [-0.25, -0.2) is 4.79 Å². The maximum absolute atomic E-state index is 11.4. The van der Waals surface area contributed by atoms with Crippen LogP contribution in [-0.2, 0) is 14.3 Å². The lowest BCUT2D eigenvalue weighted by atomic mass is 9.97. The van der Waals surface area contributed by atoms with Crippen LogP contribution in [0.5, 0.6) is 0 Å². The predicted octanol–water partition coefficient (Wildman–Crippen LogP) is -0.358. The highest BCUT2D eigenvalue weighted by Gasteiger charge is 2.28. The van der Waals surface area contributed by atoms with E-state index >= 15 is 0 Å². The average molecular weight is 256 g/mol. The van der Waals surface area contributed by atoms with Crippen LogP contribution in [0, 0.1) is 5.92 Å². The van der Waals surface area contributed by atoms with E-state index in [9.17, 15) is 9.59 Å². The topological polar surface area (TPSA) is 70.1 Å². The van der Waals surface area contributed by atoms with Crippen LogP contribution in [0.2, 0.25) is 0 Å². The Morgan fingerprint density at radius 2 is 1.94 bits per heavy atom. The number of ether oxygens (including phenoxy) is 1. The zero-order valence-electron chi connectivity index (χ0n) is 10.5. The molecule has 1 amide bonds. The van der Waals surface area contributed by atoms with Crippen LogP contribution < -0.4 is 0 Å². The van der Waals surface area contributed by atoms with Gasteiger partial charge in [0.15, 0.2) is 0 Å². The summed E-state index contributed by atoms with van der Waals surface area (Å²) < 4.78 is 5.30. The van der Waals surface area contributed by atoms with Crippen LogP contribution in [0.1, 0.15) is 12.8 Å². The molecule has 1 N–H and O–H groups in total. The molecule has 2 aliphatic rings. The third kappa shape index (κ3) is 3.43. The van der Waals surface area contributed by atoms with Crippen molar-refractivity contribution < 1.29 is 19.4 Å². The van der Waals surface area contributed by atoms with E-state index < -0.39 is 11.9 Å². The summed E-state index contributed by atoms with van der Waals surface area (Å²) in [4.78, 5) is 25.9. The number of nitrogens with zero attached hydrogens (tertiary/aromatic N) is 2. The van der Waals surface area contributed by atoms with Gasteiger partial charge in [0.1, 0.15) is 0 Å². The molecule has 2 fully saturated rings. The SMILES string of the molecule is O=C(O)C(=O)N1CCCC(CN2CCOCC2)C1. The van der Waals surface area contributed by atoms with Gasteiger partial charge in [-0.05, 0) is 18.8 Å². The second-order valence-electron chi connectivity index (χ2n) is 4.98. The van der Waals surface area contributed by atoms with E-state index in [4.69, 9.17) is 9.84 Å². The Morgan fingerprint density at radius 1 is 1.22 bits per heavy atom. The van der Waals surface area contributed by atoms with Crippen LogP contribution in [0.3, 0.4) is 0 Å². The molecule has 2 heterocycles. The normalized spacial score (nSPS) is 26.0. The summed E-state index contributed by atoms with van der Waals surface area (Å²) in [5.41, 5.74) is 0. The Hall–Kier alpha value is -1.14. The van der Waals surface area contributed by atoms with E-state index in [0.29, 0.717) is 19.0 Å². The van der Waals surface area contributed by atoms with Crippen molar-refractivity contribution in [1.29, 1.82) is 0 Å². The molecule has 102 valence electrons. The van der Waals surface area contributed by atoms with E-state index in [0.717, 1.165) is 45.7 Å². The highest BCUT2D eigenvalue weighted by atomic mass is 16.5. The van der Waals surface area contributed by atoms with Gasteiger partial charge in [-0.1, -0.05) is 0 Å². The lowest BCUT2D eigenvalue weighted by Crippen LogP contribution is -2.47. The number of aliphatic carboxylic acids is 1. The largest absolute Gasteiger partial charge is 0.474 e. The first kappa shape index (κ1) is 13.3. The van der Waals surface area contributed by atoms with Gasteiger partial charge in [0, 0.05) is 32.7 Å². The second-order valence-corrected chi connectivity index (χ2v) is 4.98. The molecular formula is C12H20N2O4. The first-order valence-corrected chi connectivity index (χ1v) is 6.49. The predicted molar refractivity (Wildman–Crippen MR) is 64.2 cm³/mol. The molecule has 0 spiro atoms. The maximum atomic E-state index is 11.4. The zero-order valence-corrected chi connectivity index (χ0v) is 10.5. The number of piperidine rings is 1. The Morgan fingerprint density at radius 3 is 2.61 bits per heavy atom. The first-order valence-electron chi connectivity index (χ1n) is 6.49. The van der Waals surface area contributed by atoms with Gasteiger partial charge < -0.3 is 14.7 Å². The van der Waals surface area contributed by atoms with Crippen molar-refractivity contribution in [1.82, 2.24) is 9.80 Å². The van der Waals surface area contributed by atoms with Gasteiger partial charge >= 0.3 is 11.9 Å². The molecule has 6 nitrogen and oxygen atoms in total. The number of carboxylic acids is 1. The molecule has 1 atom stereocenters. The summed E-state index contributed by atoms with van der Waals surface area (Å²) in [6.45, 7) is 5.49. The molecule has 18 heavy (non-hydrogen) atoms. The van der Waals surface area contributed by atoms with Crippen LogP contribution >= 0.6 is 0 Å². The molecule has 6 heteroatoms. The van der Waals surface area contributed by atoms with Crippen molar-refractivity contribution in [2.75, 3.05) is 45.9 Å². The zero-order chi connectivity index (χ0) is 13.0. The molecule has 0 aliphatic carbocycles. The van der Waals surface area contributed by atoms with Crippen LogP contribution in [0.25, 0.3) is 0 Å². The molecule has 0 aromatic heterocycles. The number of morpholine rings is 1. The fourth-order valence-corrected chi connectivity index (χ4v) is 2.68. The smallest absolute Gasteiger partial charge is 0.394 e. The van der Waals surface area contributed by atoms with Gasteiger partial charge in [-0.3, -0.25) is 9.69 Å². The van der Waals surface area contributed by atoms with Gasteiger partial charge in [0.25, 0.3) is 0 Å². The maximum Gasteiger partial charge on any atom is 0.394 e. The van der Waals surface area contributed by atoms with Crippen molar-refractivity contribution in [3.05, 3.63) is 0 Å². The molecular weight excluding hydrogens is 236 g/mol. The summed E-state index contributed by atoms with van der Waals surface area (Å²) in [6, 6.07) is 0. The molecule has 0 aromatic rings. The van der Waals surface area contributed by atoms with E-state index in [-0.39, 0.29) is 0 Å². The Labute approximate surface area is 106 Å². The highest BCUT2D eigenvalue weighted by Crippen LogP contribution is 2.18. The standard InChI is InChI=1S/C12H20N2O4/c15-11(12(16)17)14-3-1-2-10(9-14)8-13-4-6-18-7-5-13/h10H,1-9H2,(H,16,17). The lowest BCUT2D eigenvalue weighted by molar-refractivity contribution is -0.157. The Kier molecular flexibility index (Phi) is 4.54. The molecule has 0 saturated carbocycles. The molecule has 1 unspecified atom stereocenters. The molecule has 2 aliphatic heterocycles. The highest BCUT2D eigenvalue weighted by molar-refractivity contribution is 6.31. The first-order chi connectivity index (χ1) is 8.66. The minimum Gasteiger partial charge on any atom is -0.474 e. The van der Waals surface area contributed by atoms with E-state index in [1.165, 1.54) is 4.90 Å². The van der Waals surface area contributed by atoms with Crippen LogP contribution in [-0.4, -0.2) is 72.7 Å². The minimum absolute atomic E-state index is 0.389. The summed E-state index contributed by atoms with van der Waals surface area (Å²) in [6.07, 6.45) is 1.97. The molecule has 0 bridgehead atoms. The van der Waals surface area contributed by atoms with Crippen molar-refractivity contribution in [2.45, 2.75) is 12.8 Å². The number of carbonyl (C=O) groups excluding carboxylic acids is 1. The van der Waals surface area contributed by atoms with Gasteiger partial charge in [0.05, 0.1) is 13.2 Å². The number of hydrogen-bond donors (Lipinski definition) is 1. The third-order valence-electron chi connectivity index (χ3n) is 3.61. The monoisotopic (exact) mass is 256 g/mol. The average Bonchev–Trinajstić information content (AvgIpc) is 2.39. The lowest BCUT2D eigenvalue weighted by Gasteiger charge is -2.36. The summed E-state index contributed by atoms with van der Waals surface area (Å²) in [5.74, 6) is -1.72. The molecule has 2 saturated heterocycles. The van der Waals surface area contributed by atoms with E-state index in [2.05, 4.69) is 4.90 Å². The third-order valence-corrected chi connectivity index (χ3v) is 3.61. The van der Waals surface area contributed by atoms with Crippen molar-refractivity contribution in [3.8, 4) is 0 Å². The number of carbonyl (C=O) groups is 2. The van der Waals surface area contributed by atoms with Crippen LogP contribution in [0.15, 0.2) is 0 Å². The van der Waals surface area contributed by atoms with Crippen molar-refractivity contribution in [2.24, 2.45) is 5.92 Å². The minimum atomic E-state index is -1.35. The summed E-state index contributed by atoms with van der Waals surface area (Å²) >= 11 is 0. The molecule has 0 aromatic carbocycles. The molecule has 2 rings (SSSR count). The van der Waals surface area contributed by atoms with Crippen molar-refractivity contribution >= 4 is 11.9 Å². The number of likely N-dealkylation sites (tertiary alicyclic amines) is 1. The van der Waals surface area contributed by atoms with Gasteiger partial charge in [-0.15, -0.1) is 0 Å². The van der Waals surface area contributed by atoms with E-state index in [1.54, 1.807) is 0 Å². The van der Waals surface area contributed by atoms with Crippen molar-refractivity contribution in [3.63, 3.8) is 0 Å². The summed E-state index contributed by atoms with van der Waals surface area (Å²) in [7, 11) is 0. The summed E-state index contributed by atoms with van der Waals surface area (Å²) in [5, 5.41) is 8.72. The molecule has 0 radical (unpaired) electrons. The fraction of sp³-hybridized carbons (Fsp3) is 0.833. The number of hydrogen-bond acceptors (Lipinski definition) is 4. The second kappa shape index (κ2) is 6.15. The Balaban J connectivity index is 1.82. The van der Waals surface area contributed by atoms with Gasteiger partial charge in [-0.2, -0.15) is 0 Å². The van der Waals surface area contributed by atoms with E-state index in [1.807, 2.05) is 0 Å². The number of amides is 1. The van der Waals surface area contributed by atoms with Gasteiger partial charge in [0.2, 0.25) is 0 Å². The number of carboxylic acid groups (broad SMARTS) is 1. The number of rotatable bonds is 2. The van der Waals surface area contributed by atoms with Crippen LogP contribution in [0.4, 0.5) is 0 Å². The quantitative estimate of drug-likeness (QED) is 0.683.